The quantitative estimate of drug-likeness (QED) is 0.0264. The number of carbonyl (C=O) groups excluding carboxylic acids is 2. The third kappa shape index (κ3) is 64.4. The maximum absolute atomic E-state index is 12.7. The Morgan fingerprint density at radius 1 is 0.370 bits per heavy atom. The normalized spacial score (nSPS) is 14.2. The molecule has 0 aromatic heterocycles. The van der Waals surface area contributed by atoms with Crippen LogP contribution in [0, 0.1) is 0 Å². The summed E-state index contributed by atoms with van der Waals surface area (Å²) in [4.78, 5) is 35.3. The van der Waals surface area contributed by atoms with Crippen LogP contribution in [-0.4, -0.2) is 49.3 Å². The number of carbonyl (C=O) groups is 2. The highest BCUT2D eigenvalue weighted by atomic mass is 31.2. The van der Waals surface area contributed by atoms with Crippen molar-refractivity contribution in [2.45, 2.75) is 238 Å². The lowest BCUT2D eigenvalue weighted by Gasteiger charge is -2.19. The Kier molecular flexibility index (Phi) is 60.8. The lowest BCUT2D eigenvalue weighted by molar-refractivity contribution is -0.161. The molecule has 0 aliphatic heterocycles. The maximum atomic E-state index is 12.7. The molecule has 2 atom stereocenters. The Bertz CT molecular complexity index is 1930. The Morgan fingerprint density at radius 2 is 0.642 bits per heavy atom. The van der Waals surface area contributed by atoms with Gasteiger partial charge in [-0.2, -0.15) is 0 Å². The largest absolute Gasteiger partial charge is 0.472 e. The van der Waals surface area contributed by atoms with Crippen LogP contribution in [0.5, 0.6) is 0 Å². The van der Waals surface area contributed by atoms with Crippen molar-refractivity contribution >= 4 is 19.8 Å². The molecule has 0 bridgehead atoms. The predicted octanol–water partition coefficient (Wildman–Crippen LogP) is 20.6. The summed E-state index contributed by atoms with van der Waals surface area (Å²) in [5.41, 5.74) is 5.39. The minimum atomic E-state index is -4.41. The van der Waals surface area contributed by atoms with Gasteiger partial charge in [0.25, 0.3) is 0 Å². The summed E-state index contributed by atoms with van der Waals surface area (Å²) in [6.45, 7) is 3.48. The fraction of sp³-hybridized carbons (Fsp3) is 0.577. The zero-order valence-electron chi connectivity index (χ0n) is 50.9. The Labute approximate surface area is 495 Å². The van der Waals surface area contributed by atoms with E-state index in [1.807, 2.05) is 0 Å². The monoisotopic (exact) mass is 1140 g/mol. The Balaban J connectivity index is 4.06. The van der Waals surface area contributed by atoms with E-state index >= 15 is 0 Å². The topological polar surface area (TPSA) is 134 Å². The van der Waals surface area contributed by atoms with Gasteiger partial charge in [-0.15, -0.1) is 0 Å². The summed E-state index contributed by atoms with van der Waals surface area (Å²) < 4.78 is 33.1. The lowest BCUT2D eigenvalue weighted by Crippen LogP contribution is -2.29. The fourth-order valence-corrected chi connectivity index (χ4v) is 8.77. The van der Waals surface area contributed by atoms with E-state index < -0.39 is 32.5 Å². The third-order valence-corrected chi connectivity index (χ3v) is 13.6. The molecule has 0 aromatic rings. The van der Waals surface area contributed by atoms with E-state index in [0.29, 0.717) is 12.8 Å². The predicted molar refractivity (Wildman–Crippen MR) is 348 cm³/mol. The minimum absolute atomic E-state index is 0.0406. The summed E-state index contributed by atoms with van der Waals surface area (Å²) in [6.07, 6.45) is 95.5. The van der Waals surface area contributed by atoms with Gasteiger partial charge in [0.2, 0.25) is 0 Å². The second kappa shape index (κ2) is 64.5. The van der Waals surface area contributed by atoms with Gasteiger partial charge in [0.15, 0.2) is 6.10 Å². The van der Waals surface area contributed by atoms with Crippen molar-refractivity contribution < 1.29 is 37.6 Å². The molecule has 0 spiro atoms. The second-order valence-corrected chi connectivity index (χ2v) is 21.6. The standard InChI is InChI=1S/C71H114NO8P/c1-3-5-7-9-11-13-15-17-19-21-23-25-27-29-31-33-34-36-38-40-42-44-46-48-50-52-54-56-58-60-62-64-71(74)80-69(68-79-81(75,76)78-66-65-72)67-77-70(73)63-61-59-57-55-53-51-49-47-45-43-41-39-37-35-32-30-28-26-24-22-20-18-16-14-12-10-8-6-4-2/h5-8,11-14,17-20,23-26,29-32,34,36-37,39-40,42,46,48,69H,3-4,9-10,15-16,21-22,27-28,33,35,38,41,43-45,47,49-68,72H2,1-2H3,(H,75,76)/b7-5-,8-6-,13-11-,14-12-,19-17-,20-18-,25-23-,26-24-,31-29-,32-30-,36-34-,39-37-,42-40-,48-46-. The van der Waals surface area contributed by atoms with E-state index in [9.17, 15) is 19.0 Å². The van der Waals surface area contributed by atoms with Crippen molar-refractivity contribution in [1.82, 2.24) is 0 Å². The fourth-order valence-electron chi connectivity index (χ4n) is 8.01. The highest BCUT2D eigenvalue weighted by Crippen LogP contribution is 2.43. The average Bonchev–Trinajstić information content (AvgIpc) is 3.46. The van der Waals surface area contributed by atoms with Crippen LogP contribution in [0.2, 0.25) is 0 Å². The van der Waals surface area contributed by atoms with Crippen LogP contribution >= 0.6 is 7.82 Å². The van der Waals surface area contributed by atoms with Gasteiger partial charge in [0.05, 0.1) is 13.2 Å². The Hall–Kier alpha value is -4.63. The first-order chi connectivity index (χ1) is 39.8. The molecular formula is C71H114NO8P. The summed E-state index contributed by atoms with van der Waals surface area (Å²) >= 11 is 0. The second-order valence-electron chi connectivity index (χ2n) is 20.2. The number of esters is 2. The summed E-state index contributed by atoms with van der Waals surface area (Å²) in [6, 6.07) is 0. The van der Waals surface area contributed by atoms with Crippen molar-refractivity contribution in [3.05, 3.63) is 170 Å². The molecule has 456 valence electrons. The van der Waals surface area contributed by atoms with Crippen LogP contribution in [0.15, 0.2) is 170 Å². The van der Waals surface area contributed by atoms with E-state index in [0.717, 1.165) is 154 Å². The molecule has 0 amide bonds. The molecular weight excluding hydrogens is 1030 g/mol. The molecule has 0 rings (SSSR count). The van der Waals surface area contributed by atoms with Crippen LogP contribution in [-0.2, 0) is 32.7 Å². The lowest BCUT2D eigenvalue weighted by atomic mass is 10.1. The van der Waals surface area contributed by atoms with Gasteiger partial charge in [-0.05, 0) is 128 Å². The first kappa shape index (κ1) is 76.4. The van der Waals surface area contributed by atoms with Crippen LogP contribution in [0.3, 0.4) is 0 Å². The molecule has 0 radical (unpaired) electrons. The highest BCUT2D eigenvalue weighted by Gasteiger charge is 2.26. The third-order valence-electron chi connectivity index (χ3n) is 12.6. The zero-order chi connectivity index (χ0) is 58.7. The van der Waals surface area contributed by atoms with Gasteiger partial charge in [-0.1, -0.05) is 261 Å². The molecule has 81 heavy (non-hydrogen) atoms. The number of rotatable bonds is 57. The van der Waals surface area contributed by atoms with Gasteiger partial charge < -0.3 is 20.1 Å². The first-order valence-corrected chi connectivity index (χ1v) is 33.1. The zero-order valence-corrected chi connectivity index (χ0v) is 51.8. The molecule has 0 aromatic carbocycles. The number of ether oxygens (including phenoxy) is 2. The summed E-state index contributed by atoms with van der Waals surface area (Å²) in [7, 11) is -4.41. The number of unbranched alkanes of at least 4 members (excludes halogenated alkanes) is 16. The van der Waals surface area contributed by atoms with Gasteiger partial charge in [-0.3, -0.25) is 18.6 Å². The molecule has 0 heterocycles. The van der Waals surface area contributed by atoms with E-state index in [1.54, 1.807) is 0 Å². The Morgan fingerprint density at radius 3 is 0.951 bits per heavy atom. The molecule has 0 saturated carbocycles. The van der Waals surface area contributed by atoms with E-state index in [1.165, 1.54) is 38.5 Å². The van der Waals surface area contributed by atoms with Gasteiger partial charge in [0.1, 0.15) is 6.61 Å². The maximum Gasteiger partial charge on any atom is 0.472 e. The number of phosphoric ester groups is 1. The average molecular weight is 1140 g/mol. The van der Waals surface area contributed by atoms with E-state index in [2.05, 4.69) is 184 Å². The molecule has 0 saturated heterocycles. The molecule has 9 nitrogen and oxygen atoms in total. The van der Waals surface area contributed by atoms with Gasteiger partial charge in [-0.25, -0.2) is 4.57 Å². The number of hydrogen-bond donors (Lipinski definition) is 2. The van der Waals surface area contributed by atoms with Gasteiger partial charge in [0, 0.05) is 19.4 Å². The molecule has 0 fully saturated rings. The van der Waals surface area contributed by atoms with E-state index in [-0.39, 0.29) is 32.6 Å². The van der Waals surface area contributed by atoms with Gasteiger partial charge >= 0.3 is 19.8 Å². The van der Waals surface area contributed by atoms with Crippen LogP contribution < -0.4 is 5.73 Å². The first-order valence-electron chi connectivity index (χ1n) is 31.6. The van der Waals surface area contributed by atoms with Crippen LogP contribution in [0.25, 0.3) is 0 Å². The number of phosphoric acid groups is 1. The molecule has 3 N–H and O–H groups in total. The van der Waals surface area contributed by atoms with Crippen LogP contribution in [0.4, 0.5) is 0 Å². The number of nitrogens with two attached hydrogens (primary N) is 1. The van der Waals surface area contributed by atoms with Crippen molar-refractivity contribution in [1.29, 1.82) is 0 Å². The minimum Gasteiger partial charge on any atom is -0.462 e. The van der Waals surface area contributed by atoms with Crippen LogP contribution in [0.1, 0.15) is 232 Å². The van der Waals surface area contributed by atoms with Crippen molar-refractivity contribution in [3.63, 3.8) is 0 Å². The smallest absolute Gasteiger partial charge is 0.462 e. The number of hydrogen-bond acceptors (Lipinski definition) is 8. The molecule has 0 aliphatic carbocycles. The van der Waals surface area contributed by atoms with Crippen molar-refractivity contribution in [2.75, 3.05) is 26.4 Å². The SMILES string of the molecule is CC/C=C\C/C=C\C/C=C\C/C=C\C/C=C\C/C=C\C/C=C\C/C=C\CCCCCCCCC(=O)OC(COC(=O)CCCCCCCCCCCC/C=C\C/C=C\C/C=C\C/C=C\C/C=C\C/C=C\CC)COP(=O)(O)OCCN. The summed E-state index contributed by atoms with van der Waals surface area (Å²) in [5, 5.41) is 0. The van der Waals surface area contributed by atoms with E-state index in [4.69, 9.17) is 24.3 Å². The van der Waals surface area contributed by atoms with Crippen molar-refractivity contribution in [2.24, 2.45) is 5.73 Å². The molecule has 2 unspecified atom stereocenters. The molecule has 0 aliphatic rings. The number of allylic oxidation sites excluding steroid dienone is 28. The van der Waals surface area contributed by atoms with Crippen molar-refractivity contribution in [3.8, 4) is 0 Å². The highest BCUT2D eigenvalue weighted by molar-refractivity contribution is 7.47. The molecule has 10 heteroatoms. The summed E-state index contributed by atoms with van der Waals surface area (Å²) in [5.74, 6) is -0.862.